The van der Waals surface area contributed by atoms with Crippen LogP contribution in [0.4, 0.5) is 10.3 Å². The van der Waals surface area contributed by atoms with E-state index in [4.69, 9.17) is 4.52 Å². The van der Waals surface area contributed by atoms with E-state index in [2.05, 4.69) is 25.4 Å². The lowest BCUT2D eigenvalue weighted by atomic mass is 9.98. The van der Waals surface area contributed by atoms with Gasteiger partial charge in [0, 0.05) is 32.3 Å². The summed E-state index contributed by atoms with van der Waals surface area (Å²) in [6.45, 7) is 3.70. The number of likely N-dealkylation sites (tertiary alicyclic amines) is 2. The lowest BCUT2D eigenvalue weighted by Gasteiger charge is -2.43. The molecule has 0 unspecified atom stereocenters. The van der Waals surface area contributed by atoms with Crippen LogP contribution in [0, 0.1) is 0 Å². The first-order valence-electron chi connectivity index (χ1n) is 11.6. The number of aromatic nitrogens is 4. The molecule has 12 heteroatoms. The van der Waals surface area contributed by atoms with Crippen molar-refractivity contribution in [2.24, 2.45) is 0 Å². The normalized spacial score (nSPS) is 21.9. The second kappa shape index (κ2) is 8.63. The van der Waals surface area contributed by atoms with Crippen molar-refractivity contribution in [2.75, 3.05) is 32.0 Å². The van der Waals surface area contributed by atoms with Gasteiger partial charge in [-0.25, -0.2) is 19.3 Å². The number of alkyl halides is 1. The Balaban J connectivity index is 1.33. The minimum atomic E-state index is -1.74. The van der Waals surface area contributed by atoms with Crippen LogP contribution >= 0.6 is 0 Å². The zero-order chi connectivity index (χ0) is 25.7. The van der Waals surface area contributed by atoms with Crippen molar-refractivity contribution in [2.45, 2.75) is 37.6 Å². The average Bonchev–Trinajstić information content (AvgIpc) is 3.45. The van der Waals surface area contributed by atoms with Gasteiger partial charge in [0.15, 0.2) is 5.76 Å². The minimum Gasteiger partial charge on any atom is -0.373 e. The lowest BCUT2D eigenvalue weighted by Crippen LogP contribution is -2.61. The van der Waals surface area contributed by atoms with E-state index in [0.717, 1.165) is 0 Å². The lowest BCUT2D eigenvalue weighted by molar-refractivity contribution is -0.145. The molecule has 188 valence electrons. The number of likely N-dealkylation sites (N-methyl/N-ethyl adjacent to an activating group) is 1. The van der Waals surface area contributed by atoms with E-state index in [0.29, 0.717) is 29.3 Å². The molecule has 0 aromatic carbocycles. The van der Waals surface area contributed by atoms with Gasteiger partial charge >= 0.3 is 0 Å². The molecule has 11 nitrogen and oxygen atoms in total. The maximum absolute atomic E-state index is 13.7. The smallest absolute Gasteiger partial charge is 0.262 e. The van der Waals surface area contributed by atoms with Crippen LogP contribution in [0.1, 0.15) is 26.0 Å². The molecule has 5 rings (SSSR count). The number of nitrogens with zero attached hydrogens (tertiary/aromatic N) is 6. The van der Waals surface area contributed by atoms with E-state index >= 15 is 0 Å². The molecule has 2 atom stereocenters. The second-order valence-electron chi connectivity index (χ2n) is 9.56. The fourth-order valence-electron chi connectivity index (χ4n) is 4.40. The molecule has 0 radical (unpaired) electrons. The Morgan fingerprint density at radius 2 is 1.89 bits per heavy atom. The van der Waals surface area contributed by atoms with E-state index in [1.165, 1.54) is 22.8 Å². The molecule has 0 bridgehead atoms. The zero-order valence-electron chi connectivity index (χ0n) is 20.1. The van der Waals surface area contributed by atoms with Crippen LogP contribution in [0.3, 0.4) is 0 Å². The monoisotopic (exact) mass is 495 g/mol. The summed E-state index contributed by atoms with van der Waals surface area (Å²) >= 11 is 0. The first-order chi connectivity index (χ1) is 17.1. The van der Waals surface area contributed by atoms with Crippen molar-refractivity contribution in [1.82, 2.24) is 29.9 Å². The summed E-state index contributed by atoms with van der Waals surface area (Å²) < 4.78 is 19.1. The summed E-state index contributed by atoms with van der Waals surface area (Å²) in [6.07, 6.45) is 1.76. The Hall–Kier alpha value is -3.93. The Bertz CT molecular complexity index is 1320. The molecule has 2 aliphatic heterocycles. The third-order valence-electron chi connectivity index (χ3n) is 6.43. The number of pyridine rings is 1. The van der Waals surface area contributed by atoms with E-state index in [1.807, 2.05) is 0 Å². The molecular weight excluding hydrogens is 469 g/mol. The van der Waals surface area contributed by atoms with Gasteiger partial charge in [0.2, 0.25) is 17.5 Å². The van der Waals surface area contributed by atoms with E-state index in [1.54, 1.807) is 44.4 Å². The molecule has 3 aromatic heterocycles. The third-order valence-corrected chi connectivity index (χ3v) is 6.43. The fraction of sp³-hybridized carbons (Fsp3) is 0.417. The van der Waals surface area contributed by atoms with Crippen molar-refractivity contribution in [3.05, 3.63) is 42.3 Å². The van der Waals surface area contributed by atoms with Crippen molar-refractivity contribution < 1.29 is 23.6 Å². The summed E-state index contributed by atoms with van der Waals surface area (Å²) in [7, 11) is 1.62. The van der Waals surface area contributed by atoms with Gasteiger partial charge in [0.25, 0.3) is 5.91 Å². The Kier molecular flexibility index (Phi) is 5.70. The van der Waals surface area contributed by atoms with Crippen LogP contribution in [0.25, 0.3) is 22.8 Å². The molecular formula is C24H26FN7O4. The summed E-state index contributed by atoms with van der Waals surface area (Å²) in [5.41, 5.74) is -1.22. The number of rotatable bonds is 6. The molecule has 0 aliphatic carbocycles. The van der Waals surface area contributed by atoms with Gasteiger partial charge in [0.1, 0.15) is 17.4 Å². The largest absolute Gasteiger partial charge is 0.373 e. The summed E-state index contributed by atoms with van der Waals surface area (Å²) in [5, 5.41) is 17.8. The first-order valence-corrected chi connectivity index (χ1v) is 11.6. The van der Waals surface area contributed by atoms with Crippen LogP contribution in [0.15, 0.2) is 41.1 Å². The molecule has 0 spiro atoms. The number of nitrogens with one attached hydrogen (secondary N) is 1. The van der Waals surface area contributed by atoms with Gasteiger partial charge < -0.3 is 24.7 Å². The molecule has 2 aliphatic rings. The SMILES string of the molecule is C[C@@H](Nc1nccc(-c2cccc(-c3cc([C@]4(O)CCN(C)C4=O)on3)n2)n1)C(=O)N1CC(C)(F)C1. The molecule has 36 heavy (non-hydrogen) atoms. The molecule has 2 fully saturated rings. The van der Waals surface area contributed by atoms with E-state index < -0.39 is 23.2 Å². The predicted molar refractivity (Wildman–Crippen MR) is 126 cm³/mol. The zero-order valence-corrected chi connectivity index (χ0v) is 20.1. The molecule has 0 saturated carbocycles. The fourth-order valence-corrected chi connectivity index (χ4v) is 4.40. The van der Waals surface area contributed by atoms with Crippen molar-refractivity contribution >= 4 is 17.8 Å². The van der Waals surface area contributed by atoms with Crippen LogP contribution in [0.5, 0.6) is 0 Å². The van der Waals surface area contributed by atoms with Gasteiger partial charge in [-0.15, -0.1) is 0 Å². The maximum atomic E-state index is 13.7. The predicted octanol–water partition coefficient (Wildman–Crippen LogP) is 1.61. The van der Waals surface area contributed by atoms with Gasteiger partial charge in [-0.05, 0) is 32.0 Å². The van der Waals surface area contributed by atoms with Crippen molar-refractivity contribution in [1.29, 1.82) is 0 Å². The number of hydrogen-bond donors (Lipinski definition) is 2. The molecule has 2 saturated heterocycles. The molecule has 3 aromatic rings. The number of halogens is 1. The molecule has 5 heterocycles. The van der Waals surface area contributed by atoms with E-state index in [-0.39, 0.29) is 37.1 Å². The number of aliphatic hydroxyl groups is 1. The Morgan fingerprint density at radius 1 is 1.19 bits per heavy atom. The average molecular weight is 496 g/mol. The number of anilines is 1. The standard InChI is InChI=1S/C24H26FN7O4/c1-14(20(33)32-12-23(2,25)13-32)27-22-26-9-7-17(29-22)15-5-4-6-16(28-15)18-11-19(36-30-18)24(35)8-10-31(3)21(24)34/h4-7,9,11,14,35H,8,10,12-13H2,1-3H3,(H,26,27,29)/t14-,24-/m1/s1. The van der Waals surface area contributed by atoms with Crippen LogP contribution < -0.4 is 5.32 Å². The van der Waals surface area contributed by atoms with Crippen molar-refractivity contribution in [3.63, 3.8) is 0 Å². The number of amides is 2. The van der Waals surface area contributed by atoms with Crippen LogP contribution in [-0.4, -0.2) is 85.2 Å². The Morgan fingerprint density at radius 3 is 2.56 bits per heavy atom. The van der Waals surface area contributed by atoms with Gasteiger partial charge in [-0.2, -0.15) is 0 Å². The summed E-state index contributed by atoms with van der Waals surface area (Å²) in [6, 6.07) is 7.82. The highest BCUT2D eigenvalue weighted by atomic mass is 19.1. The number of hydrogen-bond acceptors (Lipinski definition) is 9. The highest BCUT2D eigenvalue weighted by molar-refractivity contribution is 5.88. The number of carbonyl (C=O) groups is 2. The van der Waals surface area contributed by atoms with Gasteiger partial charge in [0.05, 0.1) is 30.2 Å². The Labute approximate surface area is 206 Å². The first kappa shape index (κ1) is 23.8. The third kappa shape index (κ3) is 4.28. The van der Waals surface area contributed by atoms with Gasteiger partial charge in [-0.3, -0.25) is 9.59 Å². The van der Waals surface area contributed by atoms with Crippen LogP contribution in [0.2, 0.25) is 0 Å². The summed E-state index contributed by atoms with van der Waals surface area (Å²) in [5.74, 6) is -0.358. The van der Waals surface area contributed by atoms with Gasteiger partial charge in [-0.1, -0.05) is 11.2 Å². The minimum absolute atomic E-state index is 0.0708. The number of carbonyl (C=O) groups excluding carboxylic acids is 2. The topological polar surface area (TPSA) is 138 Å². The highest BCUT2D eigenvalue weighted by Gasteiger charge is 2.48. The highest BCUT2D eigenvalue weighted by Crippen LogP contribution is 2.34. The maximum Gasteiger partial charge on any atom is 0.262 e. The van der Waals surface area contributed by atoms with Crippen LogP contribution in [-0.2, 0) is 15.2 Å². The molecule has 2 N–H and O–H groups in total. The second-order valence-corrected chi connectivity index (χ2v) is 9.56. The van der Waals surface area contributed by atoms with E-state index in [9.17, 15) is 19.1 Å². The summed E-state index contributed by atoms with van der Waals surface area (Å²) in [4.78, 5) is 41.0. The van der Waals surface area contributed by atoms with Crippen molar-refractivity contribution in [3.8, 4) is 22.8 Å². The molecule has 2 amide bonds. The quantitative estimate of drug-likeness (QED) is 0.522.